The number of alkyl halides is 3. The van der Waals surface area contributed by atoms with Gasteiger partial charge in [0, 0.05) is 6.54 Å². The lowest BCUT2D eigenvalue weighted by Crippen LogP contribution is -2.17. The highest BCUT2D eigenvalue weighted by atomic mass is 19.4. The van der Waals surface area contributed by atoms with Crippen molar-refractivity contribution in [1.82, 2.24) is 10.3 Å². The van der Waals surface area contributed by atoms with Crippen LogP contribution in [0, 0.1) is 11.3 Å². The van der Waals surface area contributed by atoms with Crippen molar-refractivity contribution in [3.8, 4) is 11.9 Å². The maximum Gasteiger partial charge on any atom is 0.433 e. The second-order valence-corrected chi connectivity index (χ2v) is 3.11. The van der Waals surface area contributed by atoms with Crippen molar-refractivity contribution < 1.29 is 17.9 Å². The van der Waals surface area contributed by atoms with Crippen LogP contribution in [-0.2, 0) is 6.18 Å². The van der Waals surface area contributed by atoms with Crippen LogP contribution in [0.4, 0.5) is 13.2 Å². The van der Waals surface area contributed by atoms with Crippen molar-refractivity contribution in [2.45, 2.75) is 6.18 Å². The van der Waals surface area contributed by atoms with Crippen LogP contribution < -0.4 is 10.1 Å². The fraction of sp³-hybridized carbons (Fsp3) is 0.400. The van der Waals surface area contributed by atoms with Crippen LogP contribution in [0.5, 0.6) is 5.88 Å². The fourth-order valence-corrected chi connectivity index (χ4v) is 1.04. The number of nitrogens with one attached hydrogen (secondary N) is 1. The number of likely N-dealkylation sites (N-methyl/N-ethyl adjacent to an activating group) is 1. The van der Waals surface area contributed by atoms with Gasteiger partial charge in [-0.15, -0.1) is 0 Å². The highest BCUT2D eigenvalue weighted by Crippen LogP contribution is 2.29. The standard InChI is InChI=1S/C10H10F3N3O/c1-15-4-5-17-9-7(6-14)2-3-8(16-9)10(11,12)13/h2-3,15H,4-5H2,1H3. The Bertz CT molecular complexity index is 426. The lowest BCUT2D eigenvalue weighted by molar-refractivity contribution is -0.141. The van der Waals surface area contributed by atoms with Gasteiger partial charge in [-0.2, -0.15) is 18.4 Å². The molecule has 1 aromatic rings. The molecule has 0 spiro atoms. The summed E-state index contributed by atoms with van der Waals surface area (Å²) in [5.74, 6) is -0.294. The Morgan fingerprint density at radius 1 is 1.47 bits per heavy atom. The molecule has 0 unspecified atom stereocenters. The van der Waals surface area contributed by atoms with Gasteiger partial charge in [-0.05, 0) is 19.2 Å². The molecule has 0 fully saturated rings. The van der Waals surface area contributed by atoms with E-state index >= 15 is 0 Å². The quantitative estimate of drug-likeness (QED) is 0.818. The maximum atomic E-state index is 12.4. The van der Waals surface area contributed by atoms with E-state index in [1.807, 2.05) is 0 Å². The molecule has 0 amide bonds. The number of hydrogen-bond donors (Lipinski definition) is 1. The Morgan fingerprint density at radius 2 is 2.18 bits per heavy atom. The summed E-state index contributed by atoms with van der Waals surface area (Å²) in [6, 6.07) is 3.53. The van der Waals surface area contributed by atoms with Gasteiger partial charge in [0.15, 0.2) is 0 Å². The zero-order valence-corrected chi connectivity index (χ0v) is 9.01. The van der Waals surface area contributed by atoms with E-state index in [-0.39, 0.29) is 18.1 Å². The van der Waals surface area contributed by atoms with E-state index < -0.39 is 11.9 Å². The first-order valence-corrected chi connectivity index (χ1v) is 4.74. The molecule has 0 aliphatic carbocycles. The van der Waals surface area contributed by atoms with Crippen LogP contribution in [-0.4, -0.2) is 25.2 Å². The first-order valence-electron chi connectivity index (χ1n) is 4.74. The number of aromatic nitrogens is 1. The molecule has 0 saturated carbocycles. The molecule has 17 heavy (non-hydrogen) atoms. The number of nitrogens with zero attached hydrogens (tertiary/aromatic N) is 2. The third kappa shape index (κ3) is 3.60. The molecular weight excluding hydrogens is 235 g/mol. The number of pyridine rings is 1. The van der Waals surface area contributed by atoms with Crippen molar-refractivity contribution >= 4 is 0 Å². The molecule has 92 valence electrons. The largest absolute Gasteiger partial charge is 0.475 e. The van der Waals surface area contributed by atoms with Gasteiger partial charge < -0.3 is 10.1 Å². The molecule has 0 aliphatic rings. The summed E-state index contributed by atoms with van der Waals surface area (Å²) < 4.78 is 42.1. The lowest BCUT2D eigenvalue weighted by Gasteiger charge is -2.10. The van der Waals surface area contributed by atoms with Crippen molar-refractivity contribution in [2.75, 3.05) is 20.2 Å². The molecule has 1 rings (SSSR count). The average Bonchev–Trinajstić information content (AvgIpc) is 2.28. The summed E-state index contributed by atoms with van der Waals surface area (Å²) in [4.78, 5) is 3.29. The van der Waals surface area contributed by atoms with Gasteiger partial charge in [0.25, 0.3) is 0 Å². The molecule has 4 nitrogen and oxygen atoms in total. The van der Waals surface area contributed by atoms with E-state index in [2.05, 4.69) is 10.3 Å². The van der Waals surface area contributed by atoms with Crippen LogP contribution >= 0.6 is 0 Å². The normalized spacial score (nSPS) is 11.0. The van der Waals surface area contributed by atoms with E-state index in [0.717, 1.165) is 12.1 Å². The summed E-state index contributed by atoms with van der Waals surface area (Å²) in [6.07, 6.45) is -4.55. The Balaban J connectivity index is 2.96. The van der Waals surface area contributed by atoms with Crippen LogP contribution in [0.1, 0.15) is 11.3 Å². The van der Waals surface area contributed by atoms with Crippen molar-refractivity contribution in [2.24, 2.45) is 0 Å². The minimum absolute atomic E-state index is 0.0193. The number of halogens is 3. The molecule has 0 atom stereocenters. The first-order chi connectivity index (χ1) is 7.99. The Labute approximate surface area is 96.0 Å². The van der Waals surface area contributed by atoms with E-state index in [0.29, 0.717) is 6.54 Å². The summed E-state index contributed by atoms with van der Waals surface area (Å²) in [7, 11) is 1.67. The van der Waals surface area contributed by atoms with Crippen LogP contribution in [0.2, 0.25) is 0 Å². The summed E-state index contributed by atoms with van der Waals surface area (Å²) in [6.45, 7) is 0.586. The fourth-order valence-electron chi connectivity index (χ4n) is 1.04. The van der Waals surface area contributed by atoms with Gasteiger partial charge in [0.1, 0.15) is 23.9 Å². The molecular formula is C10H10F3N3O. The maximum absolute atomic E-state index is 12.4. The topological polar surface area (TPSA) is 57.9 Å². The SMILES string of the molecule is CNCCOc1nc(C(F)(F)F)ccc1C#N. The van der Waals surface area contributed by atoms with E-state index in [1.165, 1.54) is 0 Å². The first kappa shape index (κ1) is 13.3. The molecule has 0 aliphatic heterocycles. The summed E-state index contributed by atoms with van der Waals surface area (Å²) in [5, 5.41) is 11.5. The number of hydrogen-bond acceptors (Lipinski definition) is 4. The minimum atomic E-state index is -4.55. The second-order valence-electron chi connectivity index (χ2n) is 3.11. The van der Waals surface area contributed by atoms with Crippen molar-refractivity contribution in [1.29, 1.82) is 5.26 Å². The third-order valence-corrected chi connectivity index (χ3v) is 1.86. The van der Waals surface area contributed by atoms with Gasteiger partial charge in [0.2, 0.25) is 5.88 Å². The molecule has 0 bridgehead atoms. The highest BCUT2D eigenvalue weighted by Gasteiger charge is 2.33. The molecule has 1 heterocycles. The molecule has 1 N–H and O–H groups in total. The molecule has 1 aromatic heterocycles. The summed E-state index contributed by atoms with van der Waals surface area (Å²) in [5.41, 5.74) is -1.09. The summed E-state index contributed by atoms with van der Waals surface area (Å²) >= 11 is 0. The molecule has 0 radical (unpaired) electrons. The van der Waals surface area contributed by atoms with Gasteiger partial charge in [-0.3, -0.25) is 0 Å². The van der Waals surface area contributed by atoms with Crippen molar-refractivity contribution in [3.05, 3.63) is 23.4 Å². The average molecular weight is 245 g/mol. The number of nitriles is 1. The molecule has 7 heteroatoms. The van der Waals surface area contributed by atoms with Gasteiger partial charge in [-0.1, -0.05) is 0 Å². The van der Waals surface area contributed by atoms with Crippen LogP contribution in [0.15, 0.2) is 12.1 Å². The Kier molecular flexibility index (Phi) is 4.29. The minimum Gasteiger partial charge on any atom is -0.475 e. The Morgan fingerprint density at radius 3 is 2.71 bits per heavy atom. The second kappa shape index (κ2) is 5.50. The van der Waals surface area contributed by atoms with Gasteiger partial charge in [0.05, 0.1) is 0 Å². The monoisotopic (exact) mass is 245 g/mol. The Hall–Kier alpha value is -1.81. The zero-order valence-electron chi connectivity index (χ0n) is 9.01. The number of ether oxygens (including phenoxy) is 1. The highest BCUT2D eigenvalue weighted by molar-refractivity contribution is 5.39. The van der Waals surface area contributed by atoms with E-state index in [4.69, 9.17) is 10.00 Å². The van der Waals surface area contributed by atoms with Gasteiger partial charge in [-0.25, -0.2) is 4.98 Å². The molecule has 0 aromatic carbocycles. The van der Waals surface area contributed by atoms with Gasteiger partial charge >= 0.3 is 6.18 Å². The number of rotatable bonds is 4. The zero-order chi connectivity index (χ0) is 12.9. The smallest absolute Gasteiger partial charge is 0.433 e. The predicted octanol–water partition coefficient (Wildman–Crippen LogP) is 1.57. The lowest BCUT2D eigenvalue weighted by atomic mass is 10.2. The van der Waals surface area contributed by atoms with Crippen LogP contribution in [0.25, 0.3) is 0 Å². The van der Waals surface area contributed by atoms with Crippen LogP contribution in [0.3, 0.4) is 0 Å². The predicted molar refractivity (Wildman–Crippen MR) is 53.4 cm³/mol. The molecule has 0 saturated heterocycles. The van der Waals surface area contributed by atoms with Crippen molar-refractivity contribution in [3.63, 3.8) is 0 Å². The van der Waals surface area contributed by atoms with E-state index in [9.17, 15) is 13.2 Å². The van der Waals surface area contributed by atoms with E-state index in [1.54, 1.807) is 13.1 Å². The third-order valence-electron chi connectivity index (χ3n) is 1.86.